The van der Waals surface area contributed by atoms with E-state index in [1.54, 1.807) is 30.5 Å². The van der Waals surface area contributed by atoms with Crippen molar-refractivity contribution in [2.24, 2.45) is 5.10 Å². The van der Waals surface area contributed by atoms with E-state index in [-0.39, 0.29) is 4.90 Å². The molecule has 1 aliphatic rings. The lowest BCUT2D eigenvalue weighted by molar-refractivity contribution is 0.584. The minimum Gasteiger partial charge on any atom is -0.200 e. The Hall–Kier alpha value is -2.66. The van der Waals surface area contributed by atoms with E-state index in [1.807, 2.05) is 32.0 Å². The number of allylic oxidation sites excluding steroid dienone is 4. The number of hydrogen-bond donors (Lipinski definition) is 1. The summed E-state index contributed by atoms with van der Waals surface area (Å²) in [5.41, 5.74) is 5.69. The summed E-state index contributed by atoms with van der Waals surface area (Å²) in [5, 5.41) is 4.01. The SMILES string of the molecule is C/C=C/C1=C(c2ccccc2/C=N/NS(=O)(=O)c2ccc(C)cc2)CCC1. The number of hydrogen-bond acceptors (Lipinski definition) is 3. The van der Waals surface area contributed by atoms with E-state index < -0.39 is 10.0 Å². The van der Waals surface area contributed by atoms with Crippen molar-refractivity contribution in [3.05, 3.63) is 82.9 Å². The number of aryl methyl sites for hydroxylation is 1. The van der Waals surface area contributed by atoms with Crippen LogP contribution in [0, 0.1) is 6.92 Å². The number of nitrogens with zero attached hydrogens (tertiary/aromatic N) is 1. The van der Waals surface area contributed by atoms with Gasteiger partial charge < -0.3 is 0 Å². The summed E-state index contributed by atoms with van der Waals surface area (Å²) >= 11 is 0. The van der Waals surface area contributed by atoms with E-state index in [2.05, 4.69) is 28.2 Å². The van der Waals surface area contributed by atoms with E-state index in [0.29, 0.717) is 0 Å². The fourth-order valence-electron chi connectivity index (χ4n) is 3.28. The largest absolute Gasteiger partial charge is 0.276 e. The second kappa shape index (κ2) is 8.35. The Morgan fingerprint density at radius 2 is 1.78 bits per heavy atom. The third-order valence-corrected chi connectivity index (χ3v) is 5.86. The van der Waals surface area contributed by atoms with Crippen LogP contribution < -0.4 is 4.83 Å². The van der Waals surface area contributed by atoms with E-state index >= 15 is 0 Å². The molecule has 0 amide bonds. The van der Waals surface area contributed by atoms with Gasteiger partial charge in [0.05, 0.1) is 11.1 Å². The minimum atomic E-state index is -3.67. The first-order chi connectivity index (χ1) is 13.0. The first kappa shape index (κ1) is 19.1. The molecule has 3 rings (SSSR count). The van der Waals surface area contributed by atoms with Crippen molar-refractivity contribution >= 4 is 21.8 Å². The second-order valence-electron chi connectivity index (χ2n) is 6.61. The molecule has 1 aliphatic carbocycles. The van der Waals surface area contributed by atoms with Crippen LogP contribution in [0.5, 0.6) is 0 Å². The fourth-order valence-corrected chi connectivity index (χ4v) is 4.07. The predicted octanol–water partition coefficient (Wildman–Crippen LogP) is 4.82. The summed E-state index contributed by atoms with van der Waals surface area (Å²) in [6.07, 6.45) is 9.05. The zero-order valence-electron chi connectivity index (χ0n) is 15.6. The minimum absolute atomic E-state index is 0.201. The molecule has 0 fully saturated rings. The van der Waals surface area contributed by atoms with Crippen LogP contribution >= 0.6 is 0 Å². The molecule has 1 N–H and O–H groups in total. The second-order valence-corrected chi connectivity index (χ2v) is 8.27. The quantitative estimate of drug-likeness (QED) is 0.577. The third kappa shape index (κ3) is 4.55. The smallest absolute Gasteiger partial charge is 0.200 e. The molecule has 140 valence electrons. The number of sulfonamides is 1. The summed E-state index contributed by atoms with van der Waals surface area (Å²) in [6.45, 7) is 3.94. The zero-order valence-corrected chi connectivity index (χ0v) is 16.5. The molecular weight excluding hydrogens is 356 g/mol. The number of hydrazone groups is 1. The Kier molecular flexibility index (Phi) is 5.91. The highest BCUT2D eigenvalue weighted by Crippen LogP contribution is 2.35. The molecule has 0 heterocycles. The Morgan fingerprint density at radius 3 is 2.52 bits per heavy atom. The van der Waals surface area contributed by atoms with Crippen LogP contribution in [-0.2, 0) is 10.0 Å². The molecule has 0 saturated heterocycles. The van der Waals surface area contributed by atoms with Gasteiger partial charge in [-0.1, -0.05) is 54.1 Å². The average molecular weight is 381 g/mol. The van der Waals surface area contributed by atoms with Gasteiger partial charge >= 0.3 is 0 Å². The van der Waals surface area contributed by atoms with Gasteiger partial charge in [0.2, 0.25) is 0 Å². The van der Waals surface area contributed by atoms with Crippen molar-refractivity contribution in [3.8, 4) is 0 Å². The Labute approximate surface area is 161 Å². The van der Waals surface area contributed by atoms with Gasteiger partial charge in [-0.05, 0) is 62.0 Å². The third-order valence-electron chi connectivity index (χ3n) is 4.62. The molecule has 0 saturated carbocycles. The van der Waals surface area contributed by atoms with Gasteiger partial charge in [-0.15, -0.1) is 0 Å². The van der Waals surface area contributed by atoms with Crippen molar-refractivity contribution in [1.82, 2.24) is 4.83 Å². The topological polar surface area (TPSA) is 58.5 Å². The predicted molar refractivity (Wildman–Crippen MR) is 111 cm³/mol. The standard InChI is InChI=1S/C22H24N2O2S/c1-3-7-18-9-6-11-21(18)22-10-5-4-8-19(22)16-23-24-27(25,26)20-14-12-17(2)13-15-20/h3-5,7-8,10,12-16,24H,6,9,11H2,1-2H3/b7-3+,23-16+. The van der Waals surface area contributed by atoms with Gasteiger partial charge in [0, 0.05) is 5.56 Å². The lowest BCUT2D eigenvalue weighted by Crippen LogP contribution is -2.18. The molecule has 0 radical (unpaired) electrons. The maximum Gasteiger partial charge on any atom is 0.276 e. The molecule has 0 aliphatic heterocycles. The van der Waals surface area contributed by atoms with Crippen LogP contribution in [0.1, 0.15) is 42.9 Å². The molecule has 2 aromatic carbocycles. The highest BCUT2D eigenvalue weighted by Gasteiger charge is 2.16. The van der Waals surface area contributed by atoms with E-state index in [1.165, 1.54) is 11.1 Å². The van der Waals surface area contributed by atoms with E-state index in [4.69, 9.17) is 0 Å². The van der Waals surface area contributed by atoms with Gasteiger partial charge in [0.1, 0.15) is 0 Å². The van der Waals surface area contributed by atoms with Crippen molar-refractivity contribution in [1.29, 1.82) is 0 Å². The Bertz CT molecular complexity index is 1000. The summed E-state index contributed by atoms with van der Waals surface area (Å²) in [4.78, 5) is 2.51. The molecule has 4 nitrogen and oxygen atoms in total. The van der Waals surface area contributed by atoms with Crippen LogP contribution in [0.2, 0.25) is 0 Å². The van der Waals surface area contributed by atoms with Gasteiger partial charge in [-0.2, -0.15) is 13.5 Å². The van der Waals surface area contributed by atoms with E-state index in [9.17, 15) is 8.42 Å². The maximum atomic E-state index is 12.4. The number of benzene rings is 2. The highest BCUT2D eigenvalue weighted by atomic mass is 32.2. The molecule has 0 bridgehead atoms. The molecule has 0 unspecified atom stereocenters. The number of nitrogens with one attached hydrogen (secondary N) is 1. The van der Waals surface area contributed by atoms with Crippen LogP contribution in [0.15, 0.2) is 76.3 Å². The first-order valence-electron chi connectivity index (χ1n) is 9.07. The summed E-state index contributed by atoms with van der Waals surface area (Å²) in [5.74, 6) is 0. The fraction of sp³-hybridized carbons (Fsp3) is 0.227. The molecule has 0 spiro atoms. The Balaban J connectivity index is 1.84. The lowest BCUT2D eigenvalue weighted by Gasteiger charge is -2.09. The van der Waals surface area contributed by atoms with Gasteiger partial charge in [0.15, 0.2) is 0 Å². The summed E-state index contributed by atoms with van der Waals surface area (Å²) in [6, 6.07) is 14.6. The number of rotatable bonds is 6. The normalized spacial score (nSPS) is 15.2. The summed E-state index contributed by atoms with van der Waals surface area (Å²) in [7, 11) is -3.67. The first-order valence-corrected chi connectivity index (χ1v) is 10.6. The van der Waals surface area contributed by atoms with Crippen molar-refractivity contribution < 1.29 is 8.42 Å². The van der Waals surface area contributed by atoms with Crippen molar-refractivity contribution in [2.45, 2.75) is 38.0 Å². The van der Waals surface area contributed by atoms with Gasteiger partial charge in [0.25, 0.3) is 10.0 Å². The maximum absolute atomic E-state index is 12.4. The van der Waals surface area contributed by atoms with E-state index in [0.717, 1.165) is 36.0 Å². The highest BCUT2D eigenvalue weighted by molar-refractivity contribution is 7.89. The van der Waals surface area contributed by atoms with Crippen LogP contribution in [0.4, 0.5) is 0 Å². The molecule has 2 aromatic rings. The molecular formula is C22H24N2O2S. The summed E-state index contributed by atoms with van der Waals surface area (Å²) < 4.78 is 24.7. The molecule has 5 heteroatoms. The molecule has 0 atom stereocenters. The Morgan fingerprint density at radius 1 is 1.04 bits per heavy atom. The average Bonchev–Trinajstić information content (AvgIpc) is 3.11. The van der Waals surface area contributed by atoms with Crippen molar-refractivity contribution in [3.63, 3.8) is 0 Å². The van der Waals surface area contributed by atoms with Crippen LogP contribution in [0.25, 0.3) is 5.57 Å². The molecule has 0 aromatic heterocycles. The zero-order chi connectivity index (χ0) is 19.3. The lowest BCUT2D eigenvalue weighted by atomic mass is 9.97. The molecule has 27 heavy (non-hydrogen) atoms. The van der Waals surface area contributed by atoms with Crippen molar-refractivity contribution in [2.75, 3.05) is 0 Å². The monoisotopic (exact) mass is 380 g/mol. The van der Waals surface area contributed by atoms with Gasteiger partial charge in [-0.25, -0.2) is 4.83 Å². The van der Waals surface area contributed by atoms with Gasteiger partial charge in [-0.3, -0.25) is 0 Å². The van der Waals surface area contributed by atoms with Crippen LogP contribution in [0.3, 0.4) is 0 Å². The van der Waals surface area contributed by atoms with Crippen LogP contribution in [-0.4, -0.2) is 14.6 Å².